The molecule has 0 spiro atoms. The number of piperidine rings is 1. The van der Waals surface area contributed by atoms with E-state index >= 15 is 0 Å². The van der Waals surface area contributed by atoms with Gasteiger partial charge in [-0.25, -0.2) is 0 Å². The van der Waals surface area contributed by atoms with Gasteiger partial charge < -0.3 is 15.1 Å². The van der Waals surface area contributed by atoms with Crippen LogP contribution in [0.25, 0.3) is 0 Å². The largest absolute Gasteiger partial charge is 0.416 e. The van der Waals surface area contributed by atoms with E-state index in [-0.39, 0.29) is 5.92 Å². The number of rotatable bonds is 3. The second-order valence-corrected chi connectivity index (χ2v) is 7.06. The molecule has 3 nitrogen and oxygen atoms in total. The zero-order chi connectivity index (χ0) is 16.7. The molecule has 1 aliphatic carbocycles. The van der Waals surface area contributed by atoms with Crippen LogP contribution in [0.3, 0.4) is 0 Å². The third kappa shape index (κ3) is 3.24. The summed E-state index contributed by atoms with van der Waals surface area (Å²) < 4.78 is 38.1. The van der Waals surface area contributed by atoms with Crippen molar-refractivity contribution in [2.75, 3.05) is 19.8 Å². The van der Waals surface area contributed by atoms with E-state index in [1.165, 1.54) is 25.0 Å². The Labute approximate surface area is 140 Å². The molecule has 1 saturated carbocycles. The van der Waals surface area contributed by atoms with Crippen LogP contribution in [-0.2, 0) is 6.18 Å². The van der Waals surface area contributed by atoms with Gasteiger partial charge in [0.05, 0.1) is 12.2 Å². The molecular formula is C18H22F3N3. The minimum Gasteiger partial charge on any atom is -0.356 e. The number of benzene rings is 1. The van der Waals surface area contributed by atoms with E-state index in [4.69, 9.17) is 0 Å². The van der Waals surface area contributed by atoms with Crippen molar-refractivity contribution in [3.63, 3.8) is 0 Å². The Hall–Kier alpha value is -1.69. The molecule has 24 heavy (non-hydrogen) atoms. The molecule has 1 aromatic carbocycles. The third-order valence-electron chi connectivity index (χ3n) is 5.30. The summed E-state index contributed by atoms with van der Waals surface area (Å²) in [6.07, 6.45) is 3.63. The zero-order valence-corrected chi connectivity index (χ0v) is 13.5. The van der Waals surface area contributed by atoms with Crippen LogP contribution >= 0.6 is 0 Å². The van der Waals surface area contributed by atoms with Crippen molar-refractivity contribution in [1.29, 1.82) is 0 Å². The molecule has 0 aromatic heterocycles. The first-order chi connectivity index (χ1) is 11.5. The van der Waals surface area contributed by atoms with Crippen LogP contribution in [0, 0.1) is 0 Å². The van der Waals surface area contributed by atoms with Gasteiger partial charge in [0.25, 0.3) is 0 Å². The van der Waals surface area contributed by atoms with Gasteiger partial charge in [-0.05, 0) is 42.9 Å². The van der Waals surface area contributed by atoms with Crippen molar-refractivity contribution in [3.8, 4) is 0 Å². The fourth-order valence-corrected chi connectivity index (χ4v) is 3.70. The Balaban J connectivity index is 1.40. The van der Waals surface area contributed by atoms with Crippen molar-refractivity contribution in [1.82, 2.24) is 15.1 Å². The topological polar surface area (TPSA) is 18.5 Å². The predicted octanol–water partition coefficient (Wildman–Crippen LogP) is 3.36. The first-order valence-electron chi connectivity index (χ1n) is 8.58. The standard InChI is InChI=1S/C18H22F3N3/c19-18(20,21)15-3-1-13(2-4-15)14-9-17(11-22-10-14)24-8-7-23(12-24)16-5-6-16/h1-4,7-8,14,16-17,22H,5-6,9-12H2. The highest BCUT2D eigenvalue weighted by Crippen LogP contribution is 2.34. The predicted molar refractivity (Wildman–Crippen MR) is 86.2 cm³/mol. The van der Waals surface area contributed by atoms with Gasteiger partial charge >= 0.3 is 6.18 Å². The van der Waals surface area contributed by atoms with Crippen molar-refractivity contribution in [3.05, 3.63) is 47.8 Å². The van der Waals surface area contributed by atoms with E-state index in [0.29, 0.717) is 12.1 Å². The fraction of sp³-hybridized carbons (Fsp3) is 0.556. The Morgan fingerprint density at radius 2 is 1.58 bits per heavy atom. The molecular weight excluding hydrogens is 315 g/mol. The minimum absolute atomic E-state index is 0.259. The lowest BCUT2D eigenvalue weighted by atomic mass is 9.88. The summed E-state index contributed by atoms with van der Waals surface area (Å²) in [5, 5.41) is 3.45. The second-order valence-electron chi connectivity index (χ2n) is 7.06. The second kappa shape index (κ2) is 5.99. The molecule has 1 N–H and O–H groups in total. The van der Waals surface area contributed by atoms with Crippen LogP contribution in [0.1, 0.15) is 36.3 Å². The van der Waals surface area contributed by atoms with Gasteiger partial charge in [-0.15, -0.1) is 0 Å². The lowest BCUT2D eigenvalue weighted by molar-refractivity contribution is -0.137. The normalized spacial score (nSPS) is 27.8. The lowest BCUT2D eigenvalue weighted by Gasteiger charge is -2.37. The van der Waals surface area contributed by atoms with Crippen LogP contribution in [0.4, 0.5) is 13.2 Å². The number of alkyl halides is 3. The van der Waals surface area contributed by atoms with Gasteiger partial charge in [0.1, 0.15) is 0 Å². The van der Waals surface area contributed by atoms with E-state index in [1.54, 1.807) is 12.1 Å². The highest BCUT2D eigenvalue weighted by Gasteiger charge is 2.34. The molecule has 6 heteroatoms. The first kappa shape index (κ1) is 15.8. The van der Waals surface area contributed by atoms with E-state index < -0.39 is 11.7 Å². The summed E-state index contributed by atoms with van der Waals surface area (Å²) in [5.74, 6) is 0.259. The minimum atomic E-state index is -4.27. The SMILES string of the molecule is FC(F)(F)c1ccc(C2CNCC(N3C=CN(C4CC4)C3)C2)cc1. The maximum Gasteiger partial charge on any atom is 0.416 e. The zero-order valence-electron chi connectivity index (χ0n) is 13.5. The number of nitrogens with one attached hydrogen (secondary N) is 1. The van der Waals surface area contributed by atoms with Gasteiger partial charge in [-0.3, -0.25) is 0 Å². The maximum absolute atomic E-state index is 12.7. The molecule has 2 unspecified atom stereocenters. The molecule has 0 amide bonds. The molecule has 4 rings (SSSR count). The fourth-order valence-electron chi connectivity index (χ4n) is 3.70. The summed E-state index contributed by atoms with van der Waals surface area (Å²) in [5.41, 5.74) is 0.413. The van der Waals surface area contributed by atoms with E-state index in [0.717, 1.165) is 31.7 Å². The highest BCUT2D eigenvalue weighted by atomic mass is 19.4. The number of hydrogen-bond donors (Lipinski definition) is 1. The van der Waals surface area contributed by atoms with E-state index in [2.05, 4.69) is 27.5 Å². The lowest BCUT2D eigenvalue weighted by Crippen LogP contribution is -2.47. The molecule has 2 atom stereocenters. The van der Waals surface area contributed by atoms with Gasteiger partial charge in [0, 0.05) is 37.6 Å². The molecule has 1 saturated heterocycles. The third-order valence-corrected chi connectivity index (χ3v) is 5.30. The number of nitrogens with zero attached hydrogens (tertiary/aromatic N) is 2. The smallest absolute Gasteiger partial charge is 0.356 e. The Morgan fingerprint density at radius 3 is 2.21 bits per heavy atom. The molecule has 2 fully saturated rings. The van der Waals surface area contributed by atoms with Crippen molar-refractivity contribution < 1.29 is 13.2 Å². The molecule has 1 aromatic rings. The number of halogens is 3. The van der Waals surface area contributed by atoms with Gasteiger partial charge in [0.2, 0.25) is 0 Å². The Bertz CT molecular complexity index is 607. The Morgan fingerprint density at radius 1 is 0.917 bits per heavy atom. The summed E-state index contributed by atoms with van der Waals surface area (Å²) in [6.45, 7) is 2.70. The van der Waals surface area contributed by atoms with Gasteiger partial charge in [-0.2, -0.15) is 13.2 Å². The molecule has 130 valence electrons. The van der Waals surface area contributed by atoms with Crippen LogP contribution in [-0.4, -0.2) is 41.6 Å². The van der Waals surface area contributed by atoms with Crippen LogP contribution in [0.5, 0.6) is 0 Å². The highest BCUT2D eigenvalue weighted by molar-refractivity contribution is 5.28. The van der Waals surface area contributed by atoms with Crippen LogP contribution < -0.4 is 5.32 Å². The van der Waals surface area contributed by atoms with Gasteiger partial charge in [0.15, 0.2) is 0 Å². The summed E-state index contributed by atoms with van der Waals surface area (Å²) in [4.78, 5) is 4.75. The number of hydrogen-bond acceptors (Lipinski definition) is 3. The Kier molecular flexibility index (Phi) is 3.95. The maximum atomic E-state index is 12.7. The molecule has 0 radical (unpaired) electrons. The van der Waals surface area contributed by atoms with Crippen LogP contribution in [0.15, 0.2) is 36.7 Å². The summed E-state index contributed by atoms with van der Waals surface area (Å²) in [7, 11) is 0. The van der Waals surface area contributed by atoms with Crippen molar-refractivity contribution in [2.24, 2.45) is 0 Å². The average Bonchev–Trinajstić information content (AvgIpc) is 3.31. The van der Waals surface area contributed by atoms with Gasteiger partial charge in [-0.1, -0.05) is 12.1 Å². The first-order valence-corrected chi connectivity index (χ1v) is 8.58. The average molecular weight is 337 g/mol. The monoisotopic (exact) mass is 337 g/mol. The van der Waals surface area contributed by atoms with E-state index in [1.807, 2.05) is 0 Å². The van der Waals surface area contributed by atoms with Crippen LogP contribution in [0.2, 0.25) is 0 Å². The van der Waals surface area contributed by atoms with E-state index in [9.17, 15) is 13.2 Å². The quantitative estimate of drug-likeness (QED) is 0.912. The molecule has 2 heterocycles. The summed E-state index contributed by atoms with van der Waals surface area (Å²) in [6, 6.07) is 6.77. The molecule has 2 aliphatic heterocycles. The summed E-state index contributed by atoms with van der Waals surface area (Å²) >= 11 is 0. The molecule has 3 aliphatic rings. The molecule has 0 bridgehead atoms. The van der Waals surface area contributed by atoms with Crippen molar-refractivity contribution in [2.45, 2.75) is 43.4 Å². The van der Waals surface area contributed by atoms with Crippen molar-refractivity contribution >= 4 is 0 Å².